The zero-order valence-electron chi connectivity index (χ0n) is 16.8. The number of carbonyl (C=O) groups is 1. The molecule has 11 nitrogen and oxygen atoms in total. The highest BCUT2D eigenvalue weighted by atomic mass is 32.2. The molecule has 3 rings (SSSR count). The van der Waals surface area contributed by atoms with Gasteiger partial charge in [-0.05, 0) is 37.3 Å². The zero-order chi connectivity index (χ0) is 22.8. The minimum Gasteiger partial charge on any atom is -0.495 e. The van der Waals surface area contributed by atoms with Crippen LogP contribution in [0.25, 0.3) is 0 Å². The molecule has 0 bridgehead atoms. The monoisotopic (exact) mass is 445 g/mol. The van der Waals surface area contributed by atoms with Gasteiger partial charge in [-0.15, -0.1) is 0 Å². The number of methoxy groups -OCH3 is 1. The van der Waals surface area contributed by atoms with E-state index in [-0.39, 0.29) is 27.6 Å². The highest BCUT2D eigenvalue weighted by Crippen LogP contribution is 2.30. The van der Waals surface area contributed by atoms with E-state index < -0.39 is 20.9 Å². The molecule has 0 saturated carbocycles. The normalized spacial score (nSPS) is 11.1. The maximum Gasteiger partial charge on any atom is 0.271 e. The minimum absolute atomic E-state index is 0.0786. The Morgan fingerprint density at radius 2 is 1.84 bits per heavy atom. The lowest BCUT2D eigenvalue weighted by Crippen LogP contribution is -2.16. The van der Waals surface area contributed by atoms with Gasteiger partial charge in [-0.2, -0.15) is 5.10 Å². The van der Waals surface area contributed by atoms with Crippen molar-refractivity contribution in [2.24, 2.45) is 7.05 Å². The maximum atomic E-state index is 12.7. The molecule has 1 aromatic heterocycles. The van der Waals surface area contributed by atoms with Crippen LogP contribution in [0.3, 0.4) is 0 Å². The summed E-state index contributed by atoms with van der Waals surface area (Å²) < 4.78 is 34.3. The summed E-state index contributed by atoms with van der Waals surface area (Å²) in [5.41, 5.74) is 0.605. The first-order chi connectivity index (χ1) is 14.6. The van der Waals surface area contributed by atoms with Gasteiger partial charge in [0.2, 0.25) is 0 Å². The van der Waals surface area contributed by atoms with Crippen molar-refractivity contribution >= 4 is 33.1 Å². The summed E-state index contributed by atoms with van der Waals surface area (Å²) >= 11 is 0. The Bertz CT molecular complexity index is 1250. The van der Waals surface area contributed by atoms with Gasteiger partial charge in [0.15, 0.2) is 0 Å². The van der Waals surface area contributed by atoms with E-state index in [1.807, 2.05) is 0 Å². The van der Waals surface area contributed by atoms with Crippen molar-refractivity contribution in [3.8, 4) is 5.75 Å². The van der Waals surface area contributed by atoms with Crippen molar-refractivity contribution in [2.75, 3.05) is 17.1 Å². The Hall–Kier alpha value is -3.93. The molecule has 0 radical (unpaired) electrons. The van der Waals surface area contributed by atoms with Crippen molar-refractivity contribution in [3.05, 3.63) is 69.9 Å². The fourth-order valence-electron chi connectivity index (χ4n) is 2.79. The number of nitrogens with one attached hydrogen (secondary N) is 2. The van der Waals surface area contributed by atoms with Crippen molar-refractivity contribution in [1.82, 2.24) is 9.78 Å². The van der Waals surface area contributed by atoms with Crippen LogP contribution in [0.5, 0.6) is 5.75 Å². The standard InChI is InChI=1S/C19H19N5O6S/c1-12-10-18(23(2)21-12)20-19(25)13-4-7-15(8-5-13)31(28,29)22-16-11-14(24(26)27)6-9-17(16)30-3/h4-11,22H,1-3H3,(H,20,25). The van der Waals surface area contributed by atoms with E-state index in [0.29, 0.717) is 5.82 Å². The van der Waals surface area contributed by atoms with Crippen LogP contribution in [-0.4, -0.2) is 36.1 Å². The van der Waals surface area contributed by atoms with Gasteiger partial charge >= 0.3 is 0 Å². The Labute approximate surface area is 177 Å². The Kier molecular flexibility index (Phi) is 5.92. The molecular weight excluding hydrogens is 426 g/mol. The number of aromatic nitrogens is 2. The van der Waals surface area contributed by atoms with Crippen LogP contribution < -0.4 is 14.8 Å². The second-order valence-corrected chi connectivity index (χ2v) is 8.20. The molecule has 2 aromatic carbocycles. The van der Waals surface area contributed by atoms with E-state index in [2.05, 4.69) is 15.1 Å². The zero-order valence-corrected chi connectivity index (χ0v) is 17.6. The van der Waals surface area contributed by atoms with Crippen LogP contribution >= 0.6 is 0 Å². The van der Waals surface area contributed by atoms with Crippen LogP contribution in [0, 0.1) is 17.0 Å². The van der Waals surface area contributed by atoms with Gasteiger partial charge in [0.25, 0.3) is 21.6 Å². The van der Waals surface area contributed by atoms with Gasteiger partial charge < -0.3 is 10.1 Å². The average Bonchev–Trinajstić information content (AvgIpc) is 3.04. The number of carbonyl (C=O) groups excluding carboxylic acids is 1. The van der Waals surface area contributed by atoms with Gasteiger partial charge in [-0.1, -0.05) is 0 Å². The SMILES string of the molecule is COc1ccc([N+](=O)[O-])cc1NS(=O)(=O)c1ccc(C(=O)Nc2cc(C)nn2C)cc1. The largest absolute Gasteiger partial charge is 0.495 e. The molecule has 0 aliphatic carbocycles. The smallest absolute Gasteiger partial charge is 0.271 e. The van der Waals surface area contributed by atoms with E-state index in [4.69, 9.17) is 4.74 Å². The number of non-ortho nitro benzene ring substituents is 1. The third kappa shape index (κ3) is 4.80. The van der Waals surface area contributed by atoms with Crippen LogP contribution in [0.1, 0.15) is 16.1 Å². The van der Waals surface area contributed by atoms with Crippen molar-refractivity contribution < 1.29 is 22.9 Å². The number of nitrogens with zero attached hydrogens (tertiary/aromatic N) is 3. The predicted molar refractivity (Wildman–Crippen MR) is 113 cm³/mol. The second-order valence-electron chi connectivity index (χ2n) is 6.52. The molecule has 1 heterocycles. The lowest BCUT2D eigenvalue weighted by Gasteiger charge is -2.12. The number of hydrogen-bond donors (Lipinski definition) is 2. The number of aryl methyl sites for hydroxylation is 2. The molecular formula is C19H19N5O6S. The first-order valence-corrected chi connectivity index (χ1v) is 10.4. The summed E-state index contributed by atoms with van der Waals surface area (Å²) in [7, 11) is -1.09. The van der Waals surface area contributed by atoms with Crippen LogP contribution in [0.2, 0.25) is 0 Å². The van der Waals surface area contributed by atoms with E-state index in [1.54, 1.807) is 20.0 Å². The van der Waals surface area contributed by atoms with E-state index in [0.717, 1.165) is 11.8 Å². The molecule has 0 unspecified atom stereocenters. The lowest BCUT2D eigenvalue weighted by atomic mass is 10.2. The van der Waals surface area contributed by atoms with Crippen LogP contribution in [0.15, 0.2) is 53.4 Å². The number of hydrogen-bond acceptors (Lipinski definition) is 7. The molecule has 0 atom stereocenters. The van der Waals surface area contributed by atoms with E-state index >= 15 is 0 Å². The molecule has 0 aliphatic rings. The number of benzene rings is 2. The number of sulfonamides is 1. The lowest BCUT2D eigenvalue weighted by molar-refractivity contribution is -0.384. The summed E-state index contributed by atoms with van der Waals surface area (Å²) in [4.78, 5) is 22.6. The number of amides is 1. The molecule has 2 N–H and O–H groups in total. The number of nitro benzene ring substituents is 1. The van der Waals surface area contributed by atoms with E-state index in [9.17, 15) is 23.3 Å². The second kappa shape index (κ2) is 8.44. The predicted octanol–water partition coefficient (Wildman–Crippen LogP) is 2.70. The summed E-state index contributed by atoms with van der Waals surface area (Å²) in [5, 5.41) is 17.8. The molecule has 0 fully saturated rings. The topological polar surface area (TPSA) is 145 Å². The molecule has 0 saturated heterocycles. The Balaban J connectivity index is 1.81. The molecule has 0 aliphatic heterocycles. The minimum atomic E-state index is -4.09. The summed E-state index contributed by atoms with van der Waals surface area (Å²) in [6, 6.07) is 10.5. The van der Waals surface area contributed by atoms with Crippen molar-refractivity contribution in [2.45, 2.75) is 11.8 Å². The van der Waals surface area contributed by atoms with Gasteiger partial charge in [-0.3, -0.25) is 24.3 Å². The quantitative estimate of drug-likeness (QED) is 0.420. The van der Waals surface area contributed by atoms with Gasteiger partial charge in [0.1, 0.15) is 11.6 Å². The number of anilines is 2. The first kappa shape index (κ1) is 21.8. The van der Waals surface area contributed by atoms with Gasteiger partial charge in [0, 0.05) is 30.8 Å². The Morgan fingerprint density at radius 3 is 2.39 bits per heavy atom. The molecule has 1 amide bonds. The average molecular weight is 445 g/mol. The van der Waals surface area contributed by atoms with Gasteiger partial charge in [0.05, 0.1) is 28.3 Å². The van der Waals surface area contributed by atoms with Crippen molar-refractivity contribution in [1.29, 1.82) is 0 Å². The number of rotatable bonds is 7. The first-order valence-electron chi connectivity index (χ1n) is 8.88. The van der Waals surface area contributed by atoms with Gasteiger partial charge in [-0.25, -0.2) is 8.42 Å². The van der Waals surface area contributed by atoms with Crippen LogP contribution in [0.4, 0.5) is 17.2 Å². The third-order valence-electron chi connectivity index (χ3n) is 4.31. The van der Waals surface area contributed by atoms with Crippen LogP contribution in [-0.2, 0) is 17.1 Å². The molecule has 3 aromatic rings. The number of nitro groups is 1. The summed E-state index contributed by atoms with van der Waals surface area (Å²) in [5.74, 6) is 0.190. The van der Waals surface area contributed by atoms with E-state index in [1.165, 1.54) is 48.2 Å². The number of ether oxygens (including phenoxy) is 1. The third-order valence-corrected chi connectivity index (χ3v) is 5.69. The highest BCUT2D eigenvalue weighted by molar-refractivity contribution is 7.92. The molecule has 162 valence electrons. The maximum absolute atomic E-state index is 12.7. The molecule has 0 spiro atoms. The molecule has 31 heavy (non-hydrogen) atoms. The fraction of sp³-hybridized carbons (Fsp3) is 0.158. The highest BCUT2D eigenvalue weighted by Gasteiger charge is 2.20. The summed E-state index contributed by atoms with van der Waals surface area (Å²) in [6.07, 6.45) is 0. The molecule has 12 heteroatoms. The fourth-order valence-corrected chi connectivity index (χ4v) is 3.86. The van der Waals surface area contributed by atoms with Crippen molar-refractivity contribution in [3.63, 3.8) is 0 Å². The Morgan fingerprint density at radius 1 is 1.16 bits per heavy atom. The summed E-state index contributed by atoms with van der Waals surface area (Å²) in [6.45, 7) is 1.79.